The molecule has 0 aliphatic rings. The predicted molar refractivity (Wildman–Crippen MR) is 63.9 cm³/mol. The second kappa shape index (κ2) is 4.86. The van der Waals surface area contributed by atoms with Crippen LogP contribution in [0.1, 0.15) is 6.92 Å². The summed E-state index contributed by atoms with van der Waals surface area (Å²) in [7, 11) is 1.74. The molecule has 0 saturated carbocycles. The number of aromatic nitrogens is 1. The van der Waals surface area contributed by atoms with Crippen LogP contribution in [-0.4, -0.2) is 31.2 Å². The number of likely N-dealkylation sites (N-methyl/N-ethyl adjacent to an activating group) is 1. The van der Waals surface area contributed by atoms with Crippen molar-refractivity contribution in [3.8, 4) is 0 Å². The quantitative estimate of drug-likeness (QED) is 0.755. The fourth-order valence-corrected chi connectivity index (χ4v) is 1.49. The minimum absolute atomic E-state index is 0.126. The highest BCUT2D eigenvalue weighted by atomic mass is 16.5. The van der Waals surface area contributed by atoms with Gasteiger partial charge in [-0.2, -0.15) is 4.98 Å². The van der Waals surface area contributed by atoms with Crippen LogP contribution in [0, 0.1) is 0 Å². The molecule has 0 amide bonds. The van der Waals surface area contributed by atoms with Crippen LogP contribution in [0.5, 0.6) is 0 Å². The minimum Gasteiger partial charge on any atom is -0.465 e. The van der Waals surface area contributed by atoms with Crippen LogP contribution in [-0.2, 0) is 9.53 Å². The Balaban J connectivity index is 2.13. The van der Waals surface area contributed by atoms with Gasteiger partial charge in [-0.05, 0) is 19.1 Å². The lowest BCUT2D eigenvalue weighted by atomic mass is 10.3. The van der Waals surface area contributed by atoms with E-state index in [0.29, 0.717) is 18.2 Å². The van der Waals surface area contributed by atoms with Crippen LogP contribution in [0.25, 0.3) is 11.1 Å². The molecule has 0 bridgehead atoms. The normalized spacial score (nSPS) is 10.5. The molecule has 0 unspecified atom stereocenters. The van der Waals surface area contributed by atoms with Gasteiger partial charge in [-0.15, -0.1) is 0 Å². The average Bonchev–Trinajstić information content (AvgIpc) is 2.72. The van der Waals surface area contributed by atoms with E-state index in [1.54, 1.807) is 18.9 Å². The van der Waals surface area contributed by atoms with Crippen LogP contribution in [0.3, 0.4) is 0 Å². The van der Waals surface area contributed by atoms with Gasteiger partial charge in [0, 0.05) is 7.05 Å². The Morgan fingerprint density at radius 2 is 2.24 bits per heavy atom. The van der Waals surface area contributed by atoms with E-state index < -0.39 is 0 Å². The number of esters is 1. The molecule has 0 aliphatic heterocycles. The van der Waals surface area contributed by atoms with E-state index in [-0.39, 0.29) is 12.5 Å². The lowest BCUT2D eigenvalue weighted by Gasteiger charge is -2.12. The molecule has 0 spiro atoms. The number of ether oxygens (including phenoxy) is 1. The van der Waals surface area contributed by atoms with Crippen molar-refractivity contribution in [1.29, 1.82) is 0 Å². The third-order valence-electron chi connectivity index (χ3n) is 2.28. The largest absolute Gasteiger partial charge is 0.465 e. The number of hydrogen-bond donors (Lipinski definition) is 0. The van der Waals surface area contributed by atoms with E-state index in [4.69, 9.17) is 9.15 Å². The van der Waals surface area contributed by atoms with Crippen molar-refractivity contribution in [3.63, 3.8) is 0 Å². The highest BCUT2D eigenvalue weighted by Crippen LogP contribution is 2.20. The monoisotopic (exact) mass is 234 g/mol. The first-order valence-electron chi connectivity index (χ1n) is 5.43. The van der Waals surface area contributed by atoms with Crippen molar-refractivity contribution in [3.05, 3.63) is 24.3 Å². The number of benzene rings is 1. The van der Waals surface area contributed by atoms with E-state index in [0.717, 1.165) is 5.52 Å². The molecule has 0 radical (unpaired) electrons. The molecule has 1 heterocycles. The number of para-hydroxylation sites is 2. The van der Waals surface area contributed by atoms with Crippen LogP contribution < -0.4 is 4.90 Å². The Bertz CT molecular complexity index is 488. The molecule has 17 heavy (non-hydrogen) atoms. The molecule has 0 atom stereocenters. The molecule has 1 aromatic carbocycles. The van der Waals surface area contributed by atoms with E-state index in [9.17, 15) is 4.79 Å². The zero-order chi connectivity index (χ0) is 12.3. The highest BCUT2D eigenvalue weighted by molar-refractivity contribution is 5.77. The maximum Gasteiger partial charge on any atom is 0.325 e. The zero-order valence-electron chi connectivity index (χ0n) is 9.84. The SMILES string of the molecule is CCOC(=O)CN(C)c1nc2ccccc2o1. The Labute approximate surface area is 99.0 Å². The van der Waals surface area contributed by atoms with Crippen LogP contribution in [0.2, 0.25) is 0 Å². The van der Waals surface area contributed by atoms with Gasteiger partial charge < -0.3 is 14.1 Å². The molecule has 5 heteroatoms. The molecule has 0 saturated heterocycles. The van der Waals surface area contributed by atoms with E-state index in [1.807, 2.05) is 24.3 Å². The van der Waals surface area contributed by atoms with Gasteiger partial charge in [0.15, 0.2) is 5.58 Å². The number of oxazole rings is 1. The summed E-state index contributed by atoms with van der Waals surface area (Å²) >= 11 is 0. The van der Waals surface area contributed by atoms with E-state index in [2.05, 4.69) is 4.98 Å². The third-order valence-corrected chi connectivity index (χ3v) is 2.28. The Morgan fingerprint density at radius 1 is 1.47 bits per heavy atom. The van der Waals surface area contributed by atoms with Gasteiger partial charge in [0.05, 0.1) is 6.61 Å². The summed E-state index contributed by atoms with van der Waals surface area (Å²) in [6.45, 7) is 2.28. The molecule has 1 aromatic heterocycles. The van der Waals surface area contributed by atoms with Crippen molar-refractivity contribution in [2.45, 2.75) is 6.92 Å². The van der Waals surface area contributed by atoms with Crippen molar-refractivity contribution in [2.24, 2.45) is 0 Å². The van der Waals surface area contributed by atoms with Gasteiger partial charge in [0.25, 0.3) is 6.01 Å². The first-order chi connectivity index (χ1) is 8.20. The summed E-state index contributed by atoms with van der Waals surface area (Å²) in [5.41, 5.74) is 1.48. The summed E-state index contributed by atoms with van der Waals surface area (Å²) in [5.74, 6) is -0.294. The smallest absolute Gasteiger partial charge is 0.325 e. The van der Waals surface area contributed by atoms with Gasteiger partial charge in [0.1, 0.15) is 12.1 Å². The van der Waals surface area contributed by atoms with E-state index in [1.165, 1.54) is 0 Å². The van der Waals surface area contributed by atoms with Crippen molar-refractivity contribution < 1.29 is 13.9 Å². The number of carbonyl (C=O) groups is 1. The number of carbonyl (C=O) groups excluding carboxylic acids is 1. The molecule has 0 N–H and O–H groups in total. The second-order valence-electron chi connectivity index (χ2n) is 3.63. The summed E-state index contributed by atoms with van der Waals surface area (Å²) < 4.78 is 10.4. The lowest BCUT2D eigenvalue weighted by Crippen LogP contribution is -2.27. The van der Waals surface area contributed by atoms with Gasteiger partial charge in [0.2, 0.25) is 0 Å². The highest BCUT2D eigenvalue weighted by Gasteiger charge is 2.13. The number of anilines is 1. The Kier molecular flexibility index (Phi) is 3.27. The third kappa shape index (κ3) is 2.55. The fraction of sp³-hybridized carbons (Fsp3) is 0.333. The van der Waals surface area contributed by atoms with E-state index >= 15 is 0 Å². The maximum absolute atomic E-state index is 11.3. The molecule has 2 aromatic rings. The van der Waals surface area contributed by atoms with Crippen molar-refractivity contribution in [1.82, 2.24) is 4.98 Å². The van der Waals surface area contributed by atoms with Crippen molar-refractivity contribution in [2.75, 3.05) is 25.1 Å². The summed E-state index contributed by atoms with van der Waals surface area (Å²) in [5, 5.41) is 0. The average molecular weight is 234 g/mol. The van der Waals surface area contributed by atoms with Crippen molar-refractivity contribution >= 4 is 23.1 Å². The molecule has 2 rings (SSSR count). The number of hydrogen-bond acceptors (Lipinski definition) is 5. The summed E-state index contributed by atoms with van der Waals surface area (Å²) in [4.78, 5) is 17.2. The molecule has 5 nitrogen and oxygen atoms in total. The summed E-state index contributed by atoms with van der Waals surface area (Å²) in [6.07, 6.45) is 0. The summed E-state index contributed by atoms with van der Waals surface area (Å²) in [6, 6.07) is 7.88. The molecule has 90 valence electrons. The first-order valence-corrected chi connectivity index (χ1v) is 5.43. The number of fused-ring (bicyclic) bond motifs is 1. The minimum atomic E-state index is -0.294. The number of nitrogens with zero attached hydrogens (tertiary/aromatic N) is 2. The zero-order valence-corrected chi connectivity index (χ0v) is 9.84. The van der Waals surface area contributed by atoms with Gasteiger partial charge >= 0.3 is 5.97 Å². The fourth-order valence-electron chi connectivity index (χ4n) is 1.49. The van der Waals surface area contributed by atoms with Crippen LogP contribution in [0.4, 0.5) is 6.01 Å². The standard InChI is InChI=1S/C12H14N2O3/c1-3-16-11(15)8-14(2)12-13-9-6-4-5-7-10(9)17-12/h4-7H,3,8H2,1-2H3. The Hall–Kier alpha value is -2.04. The molecular weight excluding hydrogens is 220 g/mol. The van der Waals surface area contributed by atoms with Gasteiger partial charge in [-0.3, -0.25) is 4.79 Å². The number of rotatable bonds is 4. The predicted octanol–water partition coefficient (Wildman–Crippen LogP) is 1.83. The first kappa shape index (κ1) is 11.4. The van der Waals surface area contributed by atoms with Gasteiger partial charge in [-0.25, -0.2) is 0 Å². The lowest BCUT2D eigenvalue weighted by molar-refractivity contribution is -0.141. The molecule has 0 aliphatic carbocycles. The van der Waals surface area contributed by atoms with Crippen LogP contribution in [0.15, 0.2) is 28.7 Å². The topological polar surface area (TPSA) is 55.6 Å². The Morgan fingerprint density at radius 3 is 2.94 bits per heavy atom. The second-order valence-corrected chi connectivity index (χ2v) is 3.63. The molecule has 0 fully saturated rings. The van der Waals surface area contributed by atoms with Gasteiger partial charge in [-0.1, -0.05) is 12.1 Å². The molecular formula is C12H14N2O3. The van der Waals surface area contributed by atoms with Crippen LogP contribution >= 0.6 is 0 Å². The maximum atomic E-state index is 11.3.